The molecule has 0 heterocycles. The van der Waals surface area contributed by atoms with Gasteiger partial charge in [0.1, 0.15) is 0 Å². The molecule has 0 radical (unpaired) electrons. The first-order valence-electron chi connectivity index (χ1n) is 5.99. The predicted octanol–water partition coefficient (Wildman–Crippen LogP) is 2.22. The van der Waals surface area contributed by atoms with E-state index < -0.39 is 5.97 Å². The van der Waals surface area contributed by atoms with Crippen LogP contribution in [-0.2, 0) is 4.79 Å². The Morgan fingerprint density at radius 3 is 2.22 bits per heavy atom. The Morgan fingerprint density at radius 2 is 1.78 bits per heavy atom. The third-order valence-corrected chi connectivity index (χ3v) is 2.83. The fourth-order valence-corrected chi connectivity index (χ4v) is 1.60. The van der Waals surface area contributed by atoms with E-state index in [1.165, 1.54) is 0 Å². The summed E-state index contributed by atoms with van der Waals surface area (Å²) in [4.78, 5) is 22.7. The fraction of sp³-hybridized carbons (Fsp3) is 0.429. The molecule has 0 aliphatic carbocycles. The number of carbonyl (C=O) groups is 2. The number of nitrogens with one attached hydrogen (secondary N) is 1. The first-order chi connectivity index (χ1) is 8.40. The van der Waals surface area contributed by atoms with E-state index in [1.54, 1.807) is 12.1 Å². The van der Waals surface area contributed by atoms with E-state index >= 15 is 0 Å². The van der Waals surface area contributed by atoms with E-state index in [-0.39, 0.29) is 24.3 Å². The third kappa shape index (κ3) is 4.20. The second-order valence-electron chi connectivity index (χ2n) is 4.79. The van der Waals surface area contributed by atoms with Crippen molar-refractivity contribution in [2.75, 3.05) is 0 Å². The molecule has 4 nitrogen and oxygen atoms in total. The van der Waals surface area contributed by atoms with Crippen molar-refractivity contribution in [2.45, 2.75) is 33.2 Å². The van der Waals surface area contributed by atoms with Gasteiger partial charge in [-0.15, -0.1) is 0 Å². The molecule has 1 rings (SSSR count). The van der Waals surface area contributed by atoms with Gasteiger partial charge in [0, 0.05) is 11.6 Å². The summed E-state index contributed by atoms with van der Waals surface area (Å²) in [5, 5.41) is 11.6. The van der Waals surface area contributed by atoms with Crippen LogP contribution in [0.25, 0.3) is 0 Å². The van der Waals surface area contributed by atoms with Gasteiger partial charge >= 0.3 is 5.97 Å². The lowest BCUT2D eigenvalue weighted by Gasteiger charge is -2.20. The van der Waals surface area contributed by atoms with Gasteiger partial charge in [0.25, 0.3) is 5.91 Å². The van der Waals surface area contributed by atoms with Crippen molar-refractivity contribution in [3.8, 4) is 0 Å². The Kier molecular flexibility index (Phi) is 4.89. The normalized spacial score (nSPS) is 12.2. The lowest BCUT2D eigenvalue weighted by Crippen LogP contribution is -2.40. The van der Waals surface area contributed by atoms with Crippen LogP contribution in [0.3, 0.4) is 0 Å². The standard InChI is InChI=1S/C14H19NO3/c1-9(2)12(8-13(16)17)15-14(18)11-6-4-10(3)5-7-11/h4-7,9,12H,8H2,1-3H3,(H,15,18)(H,16,17). The zero-order valence-corrected chi connectivity index (χ0v) is 10.9. The number of rotatable bonds is 5. The molecule has 1 amide bonds. The molecule has 4 heteroatoms. The summed E-state index contributed by atoms with van der Waals surface area (Å²) < 4.78 is 0. The molecule has 0 aliphatic heterocycles. The highest BCUT2D eigenvalue weighted by Crippen LogP contribution is 2.09. The Hall–Kier alpha value is -1.84. The van der Waals surface area contributed by atoms with E-state index in [0.717, 1.165) is 5.56 Å². The third-order valence-electron chi connectivity index (χ3n) is 2.83. The first-order valence-corrected chi connectivity index (χ1v) is 5.99. The summed E-state index contributed by atoms with van der Waals surface area (Å²) in [7, 11) is 0. The van der Waals surface area contributed by atoms with E-state index in [9.17, 15) is 9.59 Å². The van der Waals surface area contributed by atoms with Crippen molar-refractivity contribution in [3.63, 3.8) is 0 Å². The number of aryl methyl sites for hydroxylation is 1. The summed E-state index contributed by atoms with van der Waals surface area (Å²) >= 11 is 0. The van der Waals surface area contributed by atoms with E-state index in [4.69, 9.17) is 5.11 Å². The second-order valence-corrected chi connectivity index (χ2v) is 4.79. The maximum Gasteiger partial charge on any atom is 0.305 e. The number of carbonyl (C=O) groups excluding carboxylic acids is 1. The minimum Gasteiger partial charge on any atom is -0.481 e. The van der Waals surface area contributed by atoms with Crippen molar-refractivity contribution in [1.82, 2.24) is 5.32 Å². The summed E-state index contributed by atoms with van der Waals surface area (Å²) in [5.74, 6) is -1.05. The van der Waals surface area contributed by atoms with Crippen LogP contribution in [0, 0.1) is 12.8 Å². The van der Waals surface area contributed by atoms with Crippen LogP contribution in [0.2, 0.25) is 0 Å². The fourth-order valence-electron chi connectivity index (χ4n) is 1.60. The predicted molar refractivity (Wildman–Crippen MR) is 69.5 cm³/mol. The van der Waals surface area contributed by atoms with Crippen LogP contribution in [-0.4, -0.2) is 23.0 Å². The number of carboxylic acid groups (broad SMARTS) is 1. The van der Waals surface area contributed by atoms with Gasteiger partial charge in [0.05, 0.1) is 6.42 Å². The largest absolute Gasteiger partial charge is 0.481 e. The van der Waals surface area contributed by atoms with Crippen molar-refractivity contribution in [1.29, 1.82) is 0 Å². The highest BCUT2D eigenvalue weighted by Gasteiger charge is 2.19. The number of hydrogen-bond acceptors (Lipinski definition) is 2. The average Bonchev–Trinajstić information content (AvgIpc) is 2.28. The zero-order chi connectivity index (χ0) is 13.7. The Morgan fingerprint density at radius 1 is 1.22 bits per heavy atom. The SMILES string of the molecule is Cc1ccc(C(=O)NC(CC(=O)O)C(C)C)cc1. The molecule has 0 bridgehead atoms. The maximum atomic E-state index is 11.9. The molecule has 98 valence electrons. The molecule has 1 aromatic rings. The number of hydrogen-bond donors (Lipinski definition) is 2. The highest BCUT2D eigenvalue weighted by molar-refractivity contribution is 5.94. The van der Waals surface area contributed by atoms with E-state index in [2.05, 4.69) is 5.32 Å². The average molecular weight is 249 g/mol. The first kappa shape index (κ1) is 14.2. The van der Waals surface area contributed by atoms with Gasteiger partial charge in [-0.1, -0.05) is 31.5 Å². The van der Waals surface area contributed by atoms with Crippen LogP contribution < -0.4 is 5.32 Å². The van der Waals surface area contributed by atoms with Gasteiger partial charge in [-0.3, -0.25) is 9.59 Å². The molecule has 1 unspecified atom stereocenters. The Balaban J connectivity index is 2.72. The molecule has 1 aromatic carbocycles. The lowest BCUT2D eigenvalue weighted by atomic mass is 10.0. The van der Waals surface area contributed by atoms with Crippen LogP contribution in [0.4, 0.5) is 0 Å². The lowest BCUT2D eigenvalue weighted by molar-refractivity contribution is -0.137. The molecular formula is C14H19NO3. The minimum atomic E-state index is -0.905. The quantitative estimate of drug-likeness (QED) is 0.841. The zero-order valence-electron chi connectivity index (χ0n) is 10.9. The summed E-state index contributed by atoms with van der Waals surface area (Å²) in [6.07, 6.45) is -0.0602. The van der Waals surface area contributed by atoms with Gasteiger partial charge in [0.2, 0.25) is 0 Å². The molecular weight excluding hydrogens is 230 g/mol. The molecule has 0 saturated heterocycles. The van der Waals surface area contributed by atoms with Crippen molar-refractivity contribution >= 4 is 11.9 Å². The van der Waals surface area contributed by atoms with Crippen LogP contribution in [0.5, 0.6) is 0 Å². The Bertz CT molecular complexity index is 423. The second kappa shape index (κ2) is 6.19. The molecule has 0 aliphatic rings. The van der Waals surface area contributed by atoms with Gasteiger partial charge in [-0.05, 0) is 25.0 Å². The monoisotopic (exact) mass is 249 g/mol. The maximum absolute atomic E-state index is 11.9. The summed E-state index contributed by atoms with van der Waals surface area (Å²) in [5.41, 5.74) is 1.63. The number of aliphatic carboxylic acids is 1. The topological polar surface area (TPSA) is 66.4 Å². The summed E-state index contributed by atoms with van der Waals surface area (Å²) in [6, 6.07) is 6.84. The minimum absolute atomic E-state index is 0.0602. The summed E-state index contributed by atoms with van der Waals surface area (Å²) in [6.45, 7) is 5.73. The van der Waals surface area contributed by atoms with Gasteiger partial charge < -0.3 is 10.4 Å². The van der Waals surface area contributed by atoms with Crippen LogP contribution in [0.15, 0.2) is 24.3 Å². The highest BCUT2D eigenvalue weighted by atomic mass is 16.4. The number of benzene rings is 1. The van der Waals surface area contributed by atoms with E-state index in [1.807, 2.05) is 32.9 Å². The van der Waals surface area contributed by atoms with Crippen molar-refractivity contribution in [2.24, 2.45) is 5.92 Å². The van der Waals surface area contributed by atoms with Crippen molar-refractivity contribution < 1.29 is 14.7 Å². The van der Waals surface area contributed by atoms with Crippen LogP contribution >= 0.6 is 0 Å². The van der Waals surface area contributed by atoms with Gasteiger partial charge in [-0.2, -0.15) is 0 Å². The van der Waals surface area contributed by atoms with Crippen LogP contribution in [0.1, 0.15) is 36.2 Å². The molecule has 0 aromatic heterocycles. The van der Waals surface area contributed by atoms with Crippen molar-refractivity contribution in [3.05, 3.63) is 35.4 Å². The van der Waals surface area contributed by atoms with Gasteiger partial charge in [-0.25, -0.2) is 0 Å². The number of amides is 1. The molecule has 0 spiro atoms. The molecule has 0 fully saturated rings. The Labute approximate surface area is 107 Å². The molecule has 2 N–H and O–H groups in total. The number of carboxylic acids is 1. The molecule has 1 atom stereocenters. The van der Waals surface area contributed by atoms with Gasteiger partial charge in [0.15, 0.2) is 0 Å². The smallest absolute Gasteiger partial charge is 0.305 e. The molecule has 18 heavy (non-hydrogen) atoms. The van der Waals surface area contributed by atoms with E-state index in [0.29, 0.717) is 5.56 Å². The molecule has 0 saturated carbocycles.